The first-order chi connectivity index (χ1) is 10.0. The van der Waals surface area contributed by atoms with E-state index in [0.29, 0.717) is 0 Å². The first kappa shape index (κ1) is 23.0. The van der Waals surface area contributed by atoms with Crippen LogP contribution in [-0.2, 0) is 28.6 Å². The molecule has 0 spiro atoms. The summed E-state index contributed by atoms with van der Waals surface area (Å²) < 4.78 is 123. The Morgan fingerprint density at radius 2 is 0.957 bits per heavy atom. The van der Waals surface area contributed by atoms with Gasteiger partial charge >= 0.3 is 31.3 Å². The number of rotatable bonds is 8. The van der Waals surface area contributed by atoms with Gasteiger partial charge in [0.15, 0.2) is 0 Å². The van der Waals surface area contributed by atoms with Crippen LogP contribution in [0.1, 0.15) is 0 Å². The fourth-order valence-electron chi connectivity index (χ4n) is 0.770. The van der Waals surface area contributed by atoms with Gasteiger partial charge in [0.1, 0.15) is 0 Å². The number of hydrogen-bond acceptors (Lipinski definition) is 6. The van der Waals surface area contributed by atoms with Crippen LogP contribution in [0.15, 0.2) is 0 Å². The normalized spacial score (nSPS) is 15.0. The zero-order valence-corrected chi connectivity index (χ0v) is 13.8. The smallest absolute Gasteiger partial charge is 0.262 e. The summed E-state index contributed by atoms with van der Waals surface area (Å²) in [6, 6.07) is 0. The van der Waals surface area contributed by atoms with Crippen LogP contribution in [0.4, 0.5) is 26.3 Å². The highest BCUT2D eigenvalue weighted by molar-refractivity contribution is 7.87. The van der Waals surface area contributed by atoms with Crippen molar-refractivity contribution in [2.24, 2.45) is 5.41 Å². The van der Waals surface area contributed by atoms with Gasteiger partial charge in [0, 0.05) is 17.2 Å². The molecule has 6 nitrogen and oxygen atoms in total. The molecular formula is C7H8Cl2F6O6S2. The van der Waals surface area contributed by atoms with Gasteiger partial charge in [-0.25, -0.2) is 0 Å². The summed E-state index contributed by atoms with van der Waals surface area (Å²) in [6.07, 6.45) is 0. The minimum Gasteiger partial charge on any atom is -0.262 e. The van der Waals surface area contributed by atoms with Crippen LogP contribution < -0.4 is 0 Å². The van der Waals surface area contributed by atoms with Crippen molar-refractivity contribution in [3.05, 3.63) is 0 Å². The first-order valence-corrected chi connectivity index (χ1v) is 8.95. The van der Waals surface area contributed by atoms with Gasteiger partial charge in [-0.05, 0) is 0 Å². The Morgan fingerprint density at radius 1 is 0.696 bits per heavy atom. The van der Waals surface area contributed by atoms with Crippen molar-refractivity contribution in [1.82, 2.24) is 0 Å². The summed E-state index contributed by atoms with van der Waals surface area (Å²) in [6.45, 7) is -2.90. The maximum absolute atomic E-state index is 12.1. The second-order valence-corrected chi connectivity index (χ2v) is 7.84. The van der Waals surface area contributed by atoms with Crippen molar-refractivity contribution in [1.29, 1.82) is 0 Å². The summed E-state index contributed by atoms with van der Waals surface area (Å²) in [5, 5.41) is 0. The zero-order chi connectivity index (χ0) is 18.7. The third-order valence-corrected chi connectivity index (χ3v) is 5.30. The van der Waals surface area contributed by atoms with E-state index >= 15 is 0 Å². The Kier molecular flexibility index (Phi) is 7.47. The number of alkyl halides is 8. The molecule has 16 heteroatoms. The molecule has 0 bridgehead atoms. The minimum absolute atomic E-state index is 0.850. The van der Waals surface area contributed by atoms with E-state index in [2.05, 4.69) is 8.37 Å². The Labute approximate surface area is 136 Å². The second-order valence-electron chi connectivity index (χ2n) is 4.09. The van der Waals surface area contributed by atoms with Gasteiger partial charge in [0.25, 0.3) is 0 Å². The standard InChI is InChI=1S/C7H8Cl2F6O6S2/c8-1-5(2-9,3-20-22(16,17)6(10,11)12)4-21-23(18,19)7(13,14)15/h1-4H2. The average molecular weight is 437 g/mol. The summed E-state index contributed by atoms with van der Waals surface area (Å²) in [5.41, 5.74) is -13.7. The van der Waals surface area contributed by atoms with Crippen molar-refractivity contribution in [3.63, 3.8) is 0 Å². The highest BCUT2D eigenvalue weighted by atomic mass is 35.5. The van der Waals surface area contributed by atoms with Gasteiger partial charge in [-0.15, -0.1) is 23.2 Å². The molecular weight excluding hydrogens is 429 g/mol. The topological polar surface area (TPSA) is 86.7 Å². The molecule has 0 amide bonds. The van der Waals surface area contributed by atoms with E-state index in [9.17, 15) is 43.2 Å². The van der Waals surface area contributed by atoms with E-state index in [1.165, 1.54) is 0 Å². The maximum atomic E-state index is 12.1. The molecule has 0 aliphatic carbocycles. The van der Waals surface area contributed by atoms with Crippen LogP contribution >= 0.6 is 23.2 Å². The molecule has 0 aromatic rings. The summed E-state index contributed by atoms with van der Waals surface area (Å²) in [7, 11) is -12.2. The first-order valence-electron chi connectivity index (χ1n) is 5.07. The fraction of sp³-hybridized carbons (Fsp3) is 1.00. The predicted molar refractivity (Wildman–Crippen MR) is 65.7 cm³/mol. The molecule has 23 heavy (non-hydrogen) atoms. The molecule has 0 aliphatic rings. The van der Waals surface area contributed by atoms with Gasteiger partial charge in [0.05, 0.1) is 13.2 Å². The maximum Gasteiger partial charge on any atom is 0.523 e. The molecule has 0 N–H and O–H groups in total. The lowest BCUT2D eigenvalue weighted by Gasteiger charge is -2.28. The van der Waals surface area contributed by atoms with E-state index in [0.717, 1.165) is 0 Å². The van der Waals surface area contributed by atoms with Crippen LogP contribution in [0.2, 0.25) is 0 Å². The summed E-state index contributed by atoms with van der Waals surface area (Å²) in [5.74, 6) is -1.70. The van der Waals surface area contributed by atoms with Crippen molar-refractivity contribution in [2.45, 2.75) is 11.0 Å². The van der Waals surface area contributed by atoms with Crippen LogP contribution in [-0.4, -0.2) is 52.8 Å². The highest BCUT2D eigenvalue weighted by Crippen LogP contribution is 2.31. The van der Waals surface area contributed by atoms with Crippen molar-refractivity contribution in [3.8, 4) is 0 Å². The van der Waals surface area contributed by atoms with Gasteiger partial charge in [0.2, 0.25) is 0 Å². The van der Waals surface area contributed by atoms with Crippen LogP contribution in [0.3, 0.4) is 0 Å². The SMILES string of the molecule is O=S(=O)(OCC(CCl)(CCl)COS(=O)(=O)C(F)(F)F)C(F)(F)F. The average Bonchev–Trinajstić information content (AvgIpc) is 2.37. The van der Waals surface area contributed by atoms with Crippen LogP contribution in [0.25, 0.3) is 0 Å². The Hall–Kier alpha value is -0.0200. The second kappa shape index (κ2) is 7.47. The number of hydrogen-bond donors (Lipinski definition) is 0. The Morgan fingerprint density at radius 3 is 1.13 bits per heavy atom. The molecule has 0 heterocycles. The van der Waals surface area contributed by atoms with Crippen LogP contribution in [0.5, 0.6) is 0 Å². The summed E-state index contributed by atoms with van der Waals surface area (Å²) in [4.78, 5) is 0. The Bertz CT molecular complexity index is 544. The molecule has 0 atom stereocenters. The lowest BCUT2D eigenvalue weighted by atomic mass is 9.96. The summed E-state index contributed by atoms with van der Waals surface area (Å²) >= 11 is 10.6. The molecule has 0 aliphatic heterocycles. The third kappa shape index (κ3) is 6.08. The number of halogens is 8. The van der Waals surface area contributed by atoms with E-state index in [1.54, 1.807) is 0 Å². The lowest BCUT2D eigenvalue weighted by molar-refractivity contribution is -0.0599. The molecule has 0 unspecified atom stereocenters. The van der Waals surface area contributed by atoms with Crippen molar-refractivity contribution < 1.29 is 51.5 Å². The molecule has 0 fully saturated rings. The van der Waals surface area contributed by atoms with Gasteiger partial charge in [-0.3, -0.25) is 8.37 Å². The van der Waals surface area contributed by atoms with E-state index in [1.807, 2.05) is 0 Å². The van der Waals surface area contributed by atoms with Crippen molar-refractivity contribution >= 4 is 43.4 Å². The lowest BCUT2D eigenvalue weighted by Crippen LogP contribution is -2.41. The van der Waals surface area contributed by atoms with E-state index < -0.39 is 61.6 Å². The van der Waals surface area contributed by atoms with Gasteiger partial charge < -0.3 is 0 Å². The molecule has 0 radical (unpaired) electrons. The predicted octanol–water partition coefficient (Wildman–Crippen LogP) is 2.18. The minimum atomic E-state index is -6.08. The molecule has 0 rings (SSSR count). The van der Waals surface area contributed by atoms with Gasteiger partial charge in [-0.2, -0.15) is 43.2 Å². The van der Waals surface area contributed by atoms with Crippen LogP contribution in [0, 0.1) is 5.41 Å². The molecule has 0 saturated carbocycles. The Balaban J connectivity index is 5.18. The molecule has 140 valence electrons. The fourth-order valence-corrected chi connectivity index (χ4v) is 2.44. The molecule has 0 aromatic heterocycles. The largest absolute Gasteiger partial charge is 0.523 e. The third-order valence-electron chi connectivity index (χ3n) is 2.17. The van der Waals surface area contributed by atoms with E-state index in [-0.39, 0.29) is 0 Å². The van der Waals surface area contributed by atoms with E-state index in [4.69, 9.17) is 23.2 Å². The highest BCUT2D eigenvalue weighted by Gasteiger charge is 2.51. The van der Waals surface area contributed by atoms with Gasteiger partial charge in [-0.1, -0.05) is 0 Å². The van der Waals surface area contributed by atoms with Crippen molar-refractivity contribution in [2.75, 3.05) is 25.0 Å². The zero-order valence-electron chi connectivity index (χ0n) is 10.6. The molecule has 0 saturated heterocycles. The monoisotopic (exact) mass is 436 g/mol. The molecule has 0 aromatic carbocycles. The quantitative estimate of drug-likeness (QED) is 0.251.